The predicted molar refractivity (Wildman–Crippen MR) is 61.6 cm³/mol. The first-order chi connectivity index (χ1) is 7.05. The molecule has 88 valence electrons. The van der Waals surface area contributed by atoms with Gasteiger partial charge in [0.15, 0.2) is 9.84 Å². The van der Waals surface area contributed by atoms with Crippen molar-refractivity contribution in [2.24, 2.45) is 5.41 Å². The summed E-state index contributed by atoms with van der Waals surface area (Å²) in [5, 5.41) is 3.53. The minimum absolute atomic E-state index is 0.184. The maximum Gasteiger partial charge on any atom is 0.151 e. The quantitative estimate of drug-likeness (QED) is 0.797. The molecule has 2 aliphatic rings. The largest absolute Gasteiger partial charge is 0.314 e. The fourth-order valence-corrected chi connectivity index (χ4v) is 5.32. The predicted octanol–water partition coefficient (Wildman–Crippen LogP) is 1.34. The highest BCUT2D eigenvalue weighted by molar-refractivity contribution is 7.92. The van der Waals surface area contributed by atoms with Crippen LogP contribution in [0.2, 0.25) is 0 Å². The summed E-state index contributed by atoms with van der Waals surface area (Å²) in [5.74, 6) is 0.918. The van der Waals surface area contributed by atoms with Crippen molar-refractivity contribution in [3.05, 3.63) is 0 Å². The van der Waals surface area contributed by atoms with Crippen molar-refractivity contribution >= 4 is 9.84 Å². The van der Waals surface area contributed by atoms with Gasteiger partial charge in [-0.05, 0) is 44.1 Å². The summed E-state index contributed by atoms with van der Waals surface area (Å²) in [5.41, 5.74) is 0.184. The van der Waals surface area contributed by atoms with Crippen molar-refractivity contribution < 1.29 is 8.42 Å². The molecule has 0 aromatic heterocycles. The Morgan fingerprint density at radius 1 is 1.27 bits per heavy atom. The van der Waals surface area contributed by atoms with E-state index in [4.69, 9.17) is 0 Å². The van der Waals surface area contributed by atoms with E-state index in [-0.39, 0.29) is 5.41 Å². The molecule has 15 heavy (non-hydrogen) atoms. The molecular weight excluding hydrogens is 210 g/mol. The standard InChI is InChI=1S/C11H21NO2S/c1-2-7-12-10-3-5-11(6-4-10)8-15(13,14)9-11/h10,12H,2-9H2,1H3. The van der Waals surface area contributed by atoms with Gasteiger partial charge in [-0.25, -0.2) is 8.42 Å². The molecule has 1 saturated heterocycles. The van der Waals surface area contributed by atoms with E-state index < -0.39 is 9.84 Å². The van der Waals surface area contributed by atoms with Crippen molar-refractivity contribution in [3.8, 4) is 0 Å². The lowest BCUT2D eigenvalue weighted by Crippen LogP contribution is -2.52. The van der Waals surface area contributed by atoms with E-state index in [1.165, 1.54) is 6.42 Å². The Morgan fingerprint density at radius 2 is 1.87 bits per heavy atom. The summed E-state index contributed by atoms with van der Waals surface area (Å²) >= 11 is 0. The lowest BCUT2D eigenvalue weighted by Gasteiger charge is -2.46. The van der Waals surface area contributed by atoms with E-state index in [2.05, 4.69) is 12.2 Å². The van der Waals surface area contributed by atoms with Gasteiger partial charge in [-0.1, -0.05) is 6.92 Å². The first-order valence-corrected chi connectivity index (χ1v) is 7.81. The summed E-state index contributed by atoms with van der Waals surface area (Å²) in [6.07, 6.45) is 5.71. The van der Waals surface area contributed by atoms with Crippen LogP contribution in [0.3, 0.4) is 0 Å². The van der Waals surface area contributed by atoms with Crippen LogP contribution < -0.4 is 5.32 Å². The third-order valence-corrected chi connectivity index (χ3v) is 5.89. The number of nitrogens with one attached hydrogen (secondary N) is 1. The zero-order chi connectivity index (χ0) is 10.9. The Bertz CT molecular complexity index is 301. The Balaban J connectivity index is 1.78. The molecule has 0 radical (unpaired) electrons. The second-order valence-electron chi connectivity index (χ2n) is 5.26. The molecule has 0 amide bonds. The second kappa shape index (κ2) is 4.06. The van der Waals surface area contributed by atoms with Gasteiger partial charge in [-0.3, -0.25) is 0 Å². The summed E-state index contributed by atoms with van der Waals surface area (Å²) in [6, 6.07) is 0.638. The highest BCUT2D eigenvalue weighted by atomic mass is 32.2. The van der Waals surface area contributed by atoms with Gasteiger partial charge < -0.3 is 5.32 Å². The molecule has 0 aromatic carbocycles. The molecule has 1 N–H and O–H groups in total. The smallest absolute Gasteiger partial charge is 0.151 e. The molecule has 1 heterocycles. The summed E-state index contributed by atoms with van der Waals surface area (Å²) in [6.45, 7) is 3.27. The zero-order valence-electron chi connectivity index (χ0n) is 9.46. The summed E-state index contributed by atoms with van der Waals surface area (Å²) in [7, 11) is -2.64. The molecule has 0 atom stereocenters. The maximum atomic E-state index is 11.2. The van der Waals surface area contributed by atoms with Crippen LogP contribution >= 0.6 is 0 Å². The minimum Gasteiger partial charge on any atom is -0.314 e. The van der Waals surface area contributed by atoms with Crippen molar-refractivity contribution in [2.75, 3.05) is 18.1 Å². The van der Waals surface area contributed by atoms with E-state index in [1.54, 1.807) is 0 Å². The van der Waals surface area contributed by atoms with Crippen LogP contribution in [0, 0.1) is 5.41 Å². The molecule has 1 saturated carbocycles. The lowest BCUT2D eigenvalue weighted by atomic mass is 9.74. The molecular formula is C11H21NO2S. The van der Waals surface area contributed by atoms with E-state index in [0.717, 1.165) is 32.2 Å². The first-order valence-electron chi connectivity index (χ1n) is 5.99. The average Bonchev–Trinajstić information content (AvgIpc) is 2.14. The van der Waals surface area contributed by atoms with Crippen LogP contribution in [-0.2, 0) is 9.84 Å². The Hall–Kier alpha value is -0.0900. The topological polar surface area (TPSA) is 46.2 Å². The molecule has 2 fully saturated rings. The van der Waals surface area contributed by atoms with Crippen LogP contribution in [0.4, 0.5) is 0 Å². The van der Waals surface area contributed by atoms with Crippen molar-refractivity contribution in [1.29, 1.82) is 0 Å². The second-order valence-corrected chi connectivity index (χ2v) is 7.33. The SMILES string of the molecule is CCCNC1CCC2(CC1)CS(=O)(=O)C2. The van der Waals surface area contributed by atoms with Gasteiger partial charge in [-0.2, -0.15) is 0 Å². The van der Waals surface area contributed by atoms with Crippen LogP contribution in [0.5, 0.6) is 0 Å². The third-order valence-electron chi connectivity index (χ3n) is 3.78. The Morgan fingerprint density at radius 3 is 2.33 bits per heavy atom. The normalized spacial score (nSPS) is 28.9. The maximum absolute atomic E-state index is 11.2. The lowest BCUT2D eigenvalue weighted by molar-refractivity contribution is 0.194. The molecule has 1 spiro atoms. The van der Waals surface area contributed by atoms with Crippen LogP contribution in [0.1, 0.15) is 39.0 Å². The van der Waals surface area contributed by atoms with Gasteiger partial charge in [-0.15, -0.1) is 0 Å². The fraction of sp³-hybridized carbons (Fsp3) is 1.00. The fourth-order valence-electron chi connectivity index (χ4n) is 2.96. The average molecular weight is 231 g/mol. The molecule has 2 rings (SSSR count). The highest BCUT2D eigenvalue weighted by Crippen LogP contribution is 2.45. The van der Waals surface area contributed by atoms with E-state index in [1.807, 2.05) is 0 Å². The first kappa shape index (κ1) is 11.4. The van der Waals surface area contributed by atoms with Crippen molar-refractivity contribution in [3.63, 3.8) is 0 Å². The monoisotopic (exact) mass is 231 g/mol. The van der Waals surface area contributed by atoms with Crippen LogP contribution in [0.25, 0.3) is 0 Å². The Kier molecular flexibility index (Phi) is 3.08. The Labute approximate surface area is 92.6 Å². The van der Waals surface area contributed by atoms with Crippen molar-refractivity contribution in [2.45, 2.75) is 45.1 Å². The van der Waals surface area contributed by atoms with E-state index in [9.17, 15) is 8.42 Å². The van der Waals surface area contributed by atoms with E-state index in [0.29, 0.717) is 17.5 Å². The minimum atomic E-state index is -2.64. The molecule has 4 heteroatoms. The van der Waals surface area contributed by atoms with Gasteiger partial charge >= 0.3 is 0 Å². The van der Waals surface area contributed by atoms with Gasteiger partial charge in [0.25, 0.3) is 0 Å². The van der Waals surface area contributed by atoms with Gasteiger partial charge in [0.1, 0.15) is 0 Å². The molecule has 1 aliphatic heterocycles. The van der Waals surface area contributed by atoms with Gasteiger partial charge in [0.05, 0.1) is 11.5 Å². The number of hydrogen-bond acceptors (Lipinski definition) is 3. The number of hydrogen-bond donors (Lipinski definition) is 1. The number of sulfone groups is 1. The summed E-state index contributed by atoms with van der Waals surface area (Å²) < 4.78 is 22.4. The third kappa shape index (κ3) is 2.53. The van der Waals surface area contributed by atoms with Gasteiger partial charge in [0, 0.05) is 6.04 Å². The van der Waals surface area contributed by atoms with E-state index >= 15 is 0 Å². The molecule has 0 aromatic rings. The highest BCUT2D eigenvalue weighted by Gasteiger charge is 2.49. The van der Waals surface area contributed by atoms with Gasteiger partial charge in [0.2, 0.25) is 0 Å². The van der Waals surface area contributed by atoms with Crippen LogP contribution in [0.15, 0.2) is 0 Å². The molecule has 1 aliphatic carbocycles. The van der Waals surface area contributed by atoms with Crippen LogP contribution in [-0.4, -0.2) is 32.5 Å². The van der Waals surface area contributed by atoms with Crippen molar-refractivity contribution in [1.82, 2.24) is 5.32 Å². The molecule has 0 bridgehead atoms. The molecule has 0 unspecified atom stereocenters. The summed E-state index contributed by atoms with van der Waals surface area (Å²) in [4.78, 5) is 0. The molecule has 3 nitrogen and oxygen atoms in total. The number of rotatable bonds is 3. The zero-order valence-corrected chi connectivity index (χ0v) is 10.3.